The van der Waals surface area contributed by atoms with Crippen LogP contribution in [0.3, 0.4) is 0 Å². The highest BCUT2D eigenvalue weighted by Crippen LogP contribution is 2.04. The van der Waals surface area contributed by atoms with E-state index >= 15 is 0 Å². The molecule has 0 radical (unpaired) electrons. The van der Waals surface area contributed by atoms with E-state index in [9.17, 15) is 5.11 Å². The molecule has 0 aliphatic carbocycles. The van der Waals surface area contributed by atoms with E-state index in [1.807, 2.05) is 0 Å². The van der Waals surface area contributed by atoms with Crippen molar-refractivity contribution in [1.82, 2.24) is 0 Å². The monoisotopic (exact) mass is 294 g/mol. The van der Waals surface area contributed by atoms with E-state index < -0.39 is 6.10 Å². The largest absolute Gasteiger partial charge is 0.394 e. The minimum Gasteiger partial charge on any atom is -0.394 e. The van der Waals surface area contributed by atoms with E-state index in [-0.39, 0.29) is 6.61 Å². The molecule has 1 unspecified atom stereocenters. The van der Waals surface area contributed by atoms with Gasteiger partial charge in [-0.3, -0.25) is 0 Å². The molecule has 6 heteroatoms. The van der Waals surface area contributed by atoms with Crippen molar-refractivity contribution >= 4 is 0 Å². The second-order valence-corrected chi connectivity index (χ2v) is 4.92. The van der Waals surface area contributed by atoms with Crippen molar-refractivity contribution in [2.75, 3.05) is 59.5 Å². The lowest BCUT2D eigenvalue weighted by Gasteiger charge is -2.13. The number of ether oxygens (including phenoxy) is 4. The van der Waals surface area contributed by atoms with Crippen molar-refractivity contribution < 1.29 is 29.2 Å². The topological polar surface area (TPSA) is 77.4 Å². The molecule has 0 aliphatic heterocycles. The lowest BCUT2D eigenvalue weighted by molar-refractivity contribution is -0.0210. The molecule has 0 saturated heterocycles. The molecule has 0 fully saturated rings. The summed E-state index contributed by atoms with van der Waals surface area (Å²) in [5.74, 6) is 0.475. The van der Waals surface area contributed by atoms with Crippen LogP contribution >= 0.6 is 0 Å². The Balaban J connectivity index is 3.06. The second-order valence-electron chi connectivity index (χ2n) is 4.92. The molecule has 0 aromatic carbocycles. The van der Waals surface area contributed by atoms with Gasteiger partial charge in [-0.25, -0.2) is 0 Å². The Morgan fingerprint density at radius 1 is 0.750 bits per heavy atom. The summed E-state index contributed by atoms with van der Waals surface area (Å²) in [7, 11) is 0. The maximum absolute atomic E-state index is 9.57. The second kappa shape index (κ2) is 15.2. The molecule has 0 amide bonds. The summed E-state index contributed by atoms with van der Waals surface area (Å²) in [6.07, 6.45) is 0.366. The zero-order chi connectivity index (χ0) is 15.1. The molecule has 0 rings (SSSR count). The Labute approximate surface area is 122 Å². The van der Waals surface area contributed by atoms with Crippen LogP contribution in [-0.4, -0.2) is 75.8 Å². The number of rotatable bonds is 15. The average molecular weight is 294 g/mol. The quantitative estimate of drug-likeness (QED) is 0.427. The third-order valence-electron chi connectivity index (χ3n) is 2.41. The van der Waals surface area contributed by atoms with Crippen LogP contribution in [0.5, 0.6) is 0 Å². The summed E-state index contributed by atoms with van der Waals surface area (Å²) in [6, 6.07) is 0. The van der Waals surface area contributed by atoms with E-state index in [0.29, 0.717) is 58.8 Å². The van der Waals surface area contributed by atoms with Crippen molar-refractivity contribution in [2.45, 2.75) is 26.4 Å². The van der Waals surface area contributed by atoms with Crippen molar-refractivity contribution in [3.63, 3.8) is 0 Å². The van der Waals surface area contributed by atoms with Crippen LogP contribution < -0.4 is 0 Å². The number of hydrogen-bond donors (Lipinski definition) is 2. The van der Waals surface area contributed by atoms with Gasteiger partial charge < -0.3 is 29.2 Å². The molecule has 0 aromatic rings. The molecular formula is C14H30O6. The molecule has 20 heavy (non-hydrogen) atoms. The van der Waals surface area contributed by atoms with Crippen LogP contribution in [0.4, 0.5) is 0 Å². The van der Waals surface area contributed by atoms with Crippen molar-refractivity contribution in [3.05, 3.63) is 0 Å². The third kappa shape index (κ3) is 15.8. The molecule has 6 nitrogen and oxygen atoms in total. The predicted molar refractivity (Wildman–Crippen MR) is 75.8 cm³/mol. The maximum atomic E-state index is 9.57. The van der Waals surface area contributed by atoms with Crippen molar-refractivity contribution in [1.29, 1.82) is 0 Å². The van der Waals surface area contributed by atoms with Gasteiger partial charge in [0.1, 0.15) is 0 Å². The van der Waals surface area contributed by atoms with Gasteiger partial charge in [-0.1, -0.05) is 13.8 Å². The molecule has 2 N–H and O–H groups in total. The fourth-order valence-corrected chi connectivity index (χ4v) is 1.56. The highest BCUT2D eigenvalue weighted by Gasteiger charge is 2.06. The van der Waals surface area contributed by atoms with Crippen LogP contribution in [-0.2, 0) is 18.9 Å². The summed E-state index contributed by atoms with van der Waals surface area (Å²) in [5.41, 5.74) is 0. The fraction of sp³-hybridized carbons (Fsp3) is 1.00. The van der Waals surface area contributed by atoms with Gasteiger partial charge in [0.2, 0.25) is 0 Å². The number of hydrogen-bond acceptors (Lipinski definition) is 6. The van der Waals surface area contributed by atoms with Crippen LogP contribution in [0.1, 0.15) is 20.3 Å². The highest BCUT2D eigenvalue weighted by atomic mass is 16.6. The first-order valence-electron chi connectivity index (χ1n) is 7.26. The Bertz CT molecular complexity index is 189. The Hall–Kier alpha value is -0.240. The molecule has 0 aromatic heterocycles. The van der Waals surface area contributed by atoms with Gasteiger partial charge in [0, 0.05) is 0 Å². The predicted octanol–water partition coefficient (Wildman–Crippen LogP) is 0.452. The first-order valence-corrected chi connectivity index (χ1v) is 7.26. The molecule has 0 saturated carbocycles. The molecule has 1 atom stereocenters. The Morgan fingerprint density at radius 2 is 1.20 bits per heavy atom. The van der Waals surface area contributed by atoms with E-state index in [1.54, 1.807) is 0 Å². The zero-order valence-corrected chi connectivity index (χ0v) is 12.8. The summed E-state index contributed by atoms with van der Waals surface area (Å²) in [6.45, 7) is 7.88. The van der Waals surface area contributed by atoms with Crippen molar-refractivity contribution in [2.24, 2.45) is 5.92 Å². The van der Waals surface area contributed by atoms with E-state index in [1.165, 1.54) is 0 Å². The molecule has 0 heterocycles. The van der Waals surface area contributed by atoms with E-state index in [4.69, 9.17) is 24.1 Å². The number of aliphatic hydroxyl groups is 2. The van der Waals surface area contributed by atoms with Gasteiger partial charge in [-0.15, -0.1) is 0 Å². The zero-order valence-electron chi connectivity index (χ0n) is 12.8. The molecule has 0 aliphatic rings. The first-order chi connectivity index (χ1) is 9.66. The molecule has 0 spiro atoms. The van der Waals surface area contributed by atoms with Gasteiger partial charge in [0.15, 0.2) is 0 Å². The lowest BCUT2D eigenvalue weighted by atomic mass is 10.1. The third-order valence-corrected chi connectivity index (χ3v) is 2.41. The minimum absolute atomic E-state index is 0.0367. The van der Waals surface area contributed by atoms with Gasteiger partial charge in [0.05, 0.1) is 65.6 Å². The molecular weight excluding hydrogens is 264 g/mol. The maximum Gasteiger partial charge on any atom is 0.0776 e. The smallest absolute Gasteiger partial charge is 0.0776 e. The summed E-state index contributed by atoms with van der Waals surface area (Å²) < 4.78 is 20.9. The Kier molecular flexibility index (Phi) is 15.0. The first kappa shape index (κ1) is 19.8. The number of aliphatic hydroxyl groups excluding tert-OH is 2. The average Bonchev–Trinajstić information content (AvgIpc) is 2.39. The van der Waals surface area contributed by atoms with Gasteiger partial charge in [-0.2, -0.15) is 0 Å². The fourth-order valence-electron chi connectivity index (χ4n) is 1.56. The SMILES string of the molecule is CC(C)CC(O)COCCOCCOCCOCCO. The summed E-state index contributed by atoms with van der Waals surface area (Å²) in [4.78, 5) is 0. The molecule has 0 bridgehead atoms. The van der Waals surface area contributed by atoms with Gasteiger partial charge in [-0.05, 0) is 12.3 Å². The van der Waals surface area contributed by atoms with Gasteiger partial charge >= 0.3 is 0 Å². The van der Waals surface area contributed by atoms with Crippen molar-refractivity contribution in [3.8, 4) is 0 Å². The van der Waals surface area contributed by atoms with E-state index in [0.717, 1.165) is 6.42 Å². The van der Waals surface area contributed by atoms with Crippen LogP contribution in [0.2, 0.25) is 0 Å². The normalized spacial score (nSPS) is 13.1. The summed E-state index contributed by atoms with van der Waals surface area (Å²) >= 11 is 0. The van der Waals surface area contributed by atoms with Crippen LogP contribution in [0.25, 0.3) is 0 Å². The lowest BCUT2D eigenvalue weighted by Crippen LogP contribution is -2.19. The minimum atomic E-state index is -0.391. The van der Waals surface area contributed by atoms with Crippen LogP contribution in [0.15, 0.2) is 0 Å². The van der Waals surface area contributed by atoms with E-state index in [2.05, 4.69) is 13.8 Å². The highest BCUT2D eigenvalue weighted by molar-refractivity contribution is 4.56. The summed E-state index contributed by atoms with van der Waals surface area (Å²) in [5, 5.41) is 18.0. The van der Waals surface area contributed by atoms with Gasteiger partial charge in [0.25, 0.3) is 0 Å². The molecule has 122 valence electrons. The Morgan fingerprint density at radius 3 is 1.65 bits per heavy atom. The standard InChI is InChI=1S/C14H30O6/c1-13(2)11-14(16)12-20-10-9-19-8-7-18-6-5-17-4-3-15/h13-16H,3-12H2,1-2H3. The van der Waals surface area contributed by atoms with Crippen LogP contribution in [0, 0.1) is 5.92 Å².